The topological polar surface area (TPSA) is 44.8 Å². The largest absolute Gasteiger partial charge is 0.378 e. The first-order valence-electron chi connectivity index (χ1n) is 9.26. The Morgan fingerprint density at radius 1 is 1.19 bits per heavy atom. The molecule has 0 saturated carbocycles. The minimum atomic E-state index is -0.00872. The Balaban J connectivity index is 1.52. The predicted molar refractivity (Wildman–Crippen MR) is 111 cm³/mol. The summed E-state index contributed by atoms with van der Waals surface area (Å²) in [6.45, 7) is 4.87. The summed E-state index contributed by atoms with van der Waals surface area (Å²) in [5.74, 6) is -0.00872. The summed E-state index contributed by atoms with van der Waals surface area (Å²) in [5.41, 5.74) is 3.26. The van der Waals surface area contributed by atoms with Crippen molar-refractivity contribution < 1.29 is 9.53 Å². The maximum Gasteiger partial charge on any atom is 0.225 e. The van der Waals surface area contributed by atoms with Crippen LogP contribution >= 0.6 is 11.6 Å². The van der Waals surface area contributed by atoms with Gasteiger partial charge in [-0.1, -0.05) is 35.9 Å². The van der Waals surface area contributed by atoms with Crippen molar-refractivity contribution in [3.8, 4) is 0 Å². The minimum Gasteiger partial charge on any atom is -0.378 e. The lowest BCUT2D eigenvalue weighted by Gasteiger charge is -2.31. The number of hydrogen-bond donors (Lipinski definition) is 1. The van der Waals surface area contributed by atoms with Crippen molar-refractivity contribution in [1.29, 1.82) is 0 Å². The second-order valence-electron chi connectivity index (χ2n) is 6.77. The van der Waals surface area contributed by atoms with Gasteiger partial charge in [0.15, 0.2) is 0 Å². The molecule has 0 bridgehead atoms. The van der Waals surface area contributed by atoms with Gasteiger partial charge in [0.25, 0.3) is 0 Å². The molecule has 1 aliphatic rings. The number of para-hydroxylation sites is 1. The van der Waals surface area contributed by atoms with Gasteiger partial charge in [-0.25, -0.2) is 0 Å². The van der Waals surface area contributed by atoms with E-state index in [4.69, 9.17) is 16.3 Å². The van der Waals surface area contributed by atoms with Crippen LogP contribution in [0.5, 0.6) is 0 Å². The zero-order valence-corrected chi connectivity index (χ0v) is 16.4. The minimum absolute atomic E-state index is 0.00872. The van der Waals surface area contributed by atoms with Crippen LogP contribution in [0.3, 0.4) is 0 Å². The second-order valence-corrected chi connectivity index (χ2v) is 7.21. The summed E-state index contributed by atoms with van der Waals surface area (Å²) in [7, 11) is 2.04. The fourth-order valence-electron chi connectivity index (χ4n) is 3.21. The number of hydrogen-bond acceptors (Lipinski definition) is 4. The highest BCUT2D eigenvalue weighted by Crippen LogP contribution is 2.22. The number of carbonyl (C=O) groups excluding carboxylic acids is 1. The molecule has 144 valence electrons. The quantitative estimate of drug-likeness (QED) is 0.787. The number of morpholine rings is 1. The molecule has 3 rings (SSSR count). The third kappa shape index (κ3) is 5.96. The molecule has 0 radical (unpaired) electrons. The Morgan fingerprint density at radius 2 is 1.96 bits per heavy atom. The Bertz CT molecular complexity index is 763. The fourth-order valence-corrected chi connectivity index (χ4v) is 3.40. The monoisotopic (exact) mass is 387 g/mol. The molecule has 0 aliphatic carbocycles. The summed E-state index contributed by atoms with van der Waals surface area (Å²) in [6, 6.07) is 15.7. The van der Waals surface area contributed by atoms with Crippen LogP contribution in [0.4, 0.5) is 11.4 Å². The molecule has 0 spiro atoms. The predicted octanol–water partition coefficient (Wildman–Crippen LogP) is 3.64. The van der Waals surface area contributed by atoms with Crippen molar-refractivity contribution >= 4 is 28.9 Å². The van der Waals surface area contributed by atoms with Gasteiger partial charge in [0.05, 0.1) is 13.2 Å². The lowest BCUT2D eigenvalue weighted by molar-refractivity contribution is -0.116. The number of carbonyl (C=O) groups is 1. The molecular weight excluding hydrogens is 362 g/mol. The van der Waals surface area contributed by atoms with E-state index >= 15 is 0 Å². The van der Waals surface area contributed by atoms with E-state index in [1.165, 1.54) is 11.3 Å². The molecule has 1 heterocycles. The van der Waals surface area contributed by atoms with Crippen molar-refractivity contribution in [2.24, 2.45) is 0 Å². The zero-order chi connectivity index (χ0) is 19.1. The first-order chi connectivity index (χ1) is 13.1. The third-order valence-corrected chi connectivity index (χ3v) is 4.85. The molecule has 2 aromatic rings. The van der Waals surface area contributed by atoms with Crippen LogP contribution in [0.15, 0.2) is 48.5 Å². The average Bonchev–Trinajstić information content (AvgIpc) is 2.67. The summed E-state index contributed by atoms with van der Waals surface area (Å²) in [6.07, 6.45) is 0.433. The summed E-state index contributed by atoms with van der Waals surface area (Å²) < 4.78 is 5.46. The molecule has 1 fully saturated rings. The van der Waals surface area contributed by atoms with Gasteiger partial charge in [0.2, 0.25) is 5.91 Å². The highest BCUT2D eigenvalue weighted by molar-refractivity contribution is 6.30. The molecular formula is C21H26ClN3O2. The standard InChI is InChI=1S/C21H26ClN3O2/c1-24(10-9-21(26)23-19-7-4-6-18(22)15-19)16-17-5-2-3-8-20(17)25-11-13-27-14-12-25/h2-8,15H,9-14,16H2,1H3,(H,23,26). The van der Waals surface area contributed by atoms with E-state index in [-0.39, 0.29) is 5.91 Å². The smallest absolute Gasteiger partial charge is 0.225 e. The van der Waals surface area contributed by atoms with Crippen molar-refractivity contribution in [1.82, 2.24) is 4.90 Å². The van der Waals surface area contributed by atoms with Gasteiger partial charge in [-0.05, 0) is 36.9 Å². The van der Waals surface area contributed by atoms with Crippen LogP contribution < -0.4 is 10.2 Å². The molecule has 5 nitrogen and oxygen atoms in total. The number of nitrogens with zero attached hydrogens (tertiary/aromatic N) is 2. The van der Waals surface area contributed by atoms with E-state index < -0.39 is 0 Å². The molecule has 0 atom stereocenters. The molecule has 1 saturated heterocycles. The molecule has 6 heteroatoms. The van der Waals surface area contributed by atoms with Crippen molar-refractivity contribution in [2.75, 3.05) is 50.1 Å². The number of halogens is 1. The first kappa shape index (κ1) is 19.7. The molecule has 27 heavy (non-hydrogen) atoms. The van der Waals surface area contributed by atoms with E-state index in [1.54, 1.807) is 12.1 Å². The summed E-state index contributed by atoms with van der Waals surface area (Å²) in [4.78, 5) is 16.7. The average molecular weight is 388 g/mol. The van der Waals surface area contributed by atoms with Crippen molar-refractivity contribution in [3.63, 3.8) is 0 Å². The molecule has 1 amide bonds. The van der Waals surface area contributed by atoms with Crippen molar-refractivity contribution in [3.05, 3.63) is 59.1 Å². The van der Waals surface area contributed by atoms with Gasteiger partial charge >= 0.3 is 0 Å². The Hall–Kier alpha value is -2.08. The van der Waals surface area contributed by atoms with E-state index in [0.29, 0.717) is 18.0 Å². The maximum atomic E-state index is 12.2. The van der Waals surface area contributed by atoms with Gasteiger partial charge in [0.1, 0.15) is 0 Å². The van der Waals surface area contributed by atoms with E-state index in [0.717, 1.165) is 38.5 Å². The van der Waals surface area contributed by atoms with Gasteiger partial charge in [-0.3, -0.25) is 4.79 Å². The van der Waals surface area contributed by atoms with E-state index in [2.05, 4.69) is 39.4 Å². The Morgan fingerprint density at radius 3 is 2.74 bits per heavy atom. The maximum absolute atomic E-state index is 12.2. The first-order valence-corrected chi connectivity index (χ1v) is 9.64. The lowest BCUT2D eigenvalue weighted by Crippen LogP contribution is -2.37. The van der Waals surface area contributed by atoms with Crippen LogP contribution in [0.1, 0.15) is 12.0 Å². The molecule has 0 unspecified atom stereocenters. The number of anilines is 2. The SMILES string of the molecule is CN(CCC(=O)Nc1cccc(Cl)c1)Cc1ccccc1N1CCOCC1. The molecule has 2 aromatic carbocycles. The molecule has 1 N–H and O–H groups in total. The molecule has 0 aromatic heterocycles. The number of rotatable bonds is 7. The highest BCUT2D eigenvalue weighted by atomic mass is 35.5. The van der Waals surface area contributed by atoms with Crippen LogP contribution in [-0.4, -0.2) is 50.7 Å². The van der Waals surface area contributed by atoms with E-state index in [1.807, 2.05) is 19.2 Å². The number of ether oxygens (including phenoxy) is 1. The zero-order valence-electron chi connectivity index (χ0n) is 15.7. The normalized spacial score (nSPS) is 14.4. The van der Waals surface area contributed by atoms with Gasteiger partial charge in [-0.15, -0.1) is 0 Å². The lowest BCUT2D eigenvalue weighted by atomic mass is 10.1. The van der Waals surface area contributed by atoms with Crippen LogP contribution in [0.25, 0.3) is 0 Å². The number of nitrogens with one attached hydrogen (secondary N) is 1. The van der Waals surface area contributed by atoms with Gasteiger partial charge < -0.3 is 19.9 Å². The Kier molecular flexibility index (Phi) is 7.10. The van der Waals surface area contributed by atoms with Crippen LogP contribution in [0.2, 0.25) is 5.02 Å². The summed E-state index contributed by atoms with van der Waals surface area (Å²) >= 11 is 5.95. The highest BCUT2D eigenvalue weighted by Gasteiger charge is 2.15. The fraction of sp³-hybridized carbons (Fsp3) is 0.381. The van der Waals surface area contributed by atoms with Crippen LogP contribution in [-0.2, 0) is 16.1 Å². The summed E-state index contributed by atoms with van der Waals surface area (Å²) in [5, 5.41) is 3.51. The van der Waals surface area contributed by atoms with Crippen molar-refractivity contribution in [2.45, 2.75) is 13.0 Å². The number of benzene rings is 2. The van der Waals surface area contributed by atoms with E-state index in [9.17, 15) is 4.79 Å². The Labute approximate surface area is 165 Å². The van der Waals surface area contributed by atoms with Gasteiger partial charge in [0, 0.05) is 49.0 Å². The second kappa shape index (κ2) is 9.74. The van der Waals surface area contributed by atoms with Gasteiger partial charge in [-0.2, -0.15) is 0 Å². The third-order valence-electron chi connectivity index (χ3n) is 4.61. The molecule has 1 aliphatic heterocycles. The van der Waals surface area contributed by atoms with Crippen LogP contribution in [0, 0.1) is 0 Å². The number of amides is 1.